The predicted molar refractivity (Wildman–Crippen MR) is 114 cm³/mol. The zero-order valence-electron chi connectivity index (χ0n) is 17.7. The van der Waals surface area contributed by atoms with Crippen molar-refractivity contribution in [3.8, 4) is 0 Å². The molecule has 5 nitrogen and oxygen atoms in total. The molecule has 1 aromatic heterocycles. The molecular formula is C22H39N5. The average Bonchev–Trinajstić information content (AvgIpc) is 3.04. The van der Waals surface area contributed by atoms with Crippen molar-refractivity contribution in [2.45, 2.75) is 84.2 Å². The van der Waals surface area contributed by atoms with Gasteiger partial charge in [-0.15, -0.1) is 0 Å². The minimum Gasteiger partial charge on any atom is -0.356 e. The molecule has 27 heavy (non-hydrogen) atoms. The summed E-state index contributed by atoms with van der Waals surface area (Å²) in [7, 11) is 0. The van der Waals surface area contributed by atoms with Crippen LogP contribution in [0.4, 0.5) is 11.8 Å². The lowest BCUT2D eigenvalue weighted by molar-refractivity contribution is 0.188. The summed E-state index contributed by atoms with van der Waals surface area (Å²) in [4.78, 5) is 14.5. The number of aromatic nitrogens is 2. The number of rotatable bonds is 6. The van der Waals surface area contributed by atoms with Crippen molar-refractivity contribution < 1.29 is 0 Å². The van der Waals surface area contributed by atoms with Gasteiger partial charge in [0.2, 0.25) is 5.95 Å². The van der Waals surface area contributed by atoms with Crippen LogP contribution in [-0.2, 0) is 0 Å². The Morgan fingerprint density at radius 3 is 2.52 bits per heavy atom. The van der Waals surface area contributed by atoms with Gasteiger partial charge in [-0.25, -0.2) is 4.98 Å². The van der Waals surface area contributed by atoms with Crippen molar-refractivity contribution in [2.24, 2.45) is 5.92 Å². The first-order chi connectivity index (χ1) is 13.1. The topological polar surface area (TPSA) is 44.3 Å². The molecule has 152 valence electrons. The number of nitrogens with one attached hydrogen (secondary N) is 1. The molecule has 0 radical (unpaired) electrons. The van der Waals surface area contributed by atoms with Gasteiger partial charge in [0.25, 0.3) is 0 Å². The first-order valence-electron chi connectivity index (χ1n) is 11.2. The molecule has 2 aliphatic heterocycles. The van der Waals surface area contributed by atoms with E-state index in [0.717, 1.165) is 37.3 Å². The van der Waals surface area contributed by atoms with E-state index in [0.29, 0.717) is 12.1 Å². The Labute approximate surface area is 165 Å². The van der Waals surface area contributed by atoms with E-state index >= 15 is 0 Å². The van der Waals surface area contributed by atoms with E-state index in [4.69, 9.17) is 4.98 Å². The van der Waals surface area contributed by atoms with Gasteiger partial charge >= 0.3 is 0 Å². The zero-order chi connectivity index (χ0) is 19.1. The average molecular weight is 374 g/mol. The summed E-state index contributed by atoms with van der Waals surface area (Å²) < 4.78 is 0. The maximum absolute atomic E-state index is 4.87. The van der Waals surface area contributed by atoms with Crippen LogP contribution in [0.5, 0.6) is 0 Å². The monoisotopic (exact) mass is 373 g/mol. The van der Waals surface area contributed by atoms with Crippen LogP contribution in [0.25, 0.3) is 0 Å². The van der Waals surface area contributed by atoms with Crippen LogP contribution < -0.4 is 10.2 Å². The summed E-state index contributed by atoms with van der Waals surface area (Å²) in [5.74, 6) is 2.65. The fraction of sp³-hybridized carbons (Fsp3) is 0.818. The van der Waals surface area contributed by atoms with Gasteiger partial charge in [0.15, 0.2) is 0 Å². The van der Waals surface area contributed by atoms with Gasteiger partial charge in [0.1, 0.15) is 5.82 Å². The Kier molecular flexibility index (Phi) is 7.74. The summed E-state index contributed by atoms with van der Waals surface area (Å²) in [5.41, 5.74) is 0. The SMILES string of the molecule is CC(C)CC(C)N1CCCCC(Nc2nccc(N3CCCCCC3)n2)C1. The molecule has 2 saturated heterocycles. The highest BCUT2D eigenvalue weighted by molar-refractivity contribution is 5.43. The van der Waals surface area contributed by atoms with Crippen molar-refractivity contribution >= 4 is 11.8 Å². The Morgan fingerprint density at radius 2 is 1.78 bits per heavy atom. The fourth-order valence-corrected chi connectivity index (χ4v) is 4.60. The molecule has 0 saturated carbocycles. The van der Waals surface area contributed by atoms with E-state index in [1.54, 1.807) is 0 Å². The molecule has 5 heteroatoms. The van der Waals surface area contributed by atoms with E-state index in [1.807, 2.05) is 6.20 Å². The first kappa shape index (κ1) is 20.4. The van der Waals surface area contributed by atoms with Crippen LogP contribution in [0.3, 0.4) is 0 Å². The van der Waals surface area contributed by atoms with E-state index in [2.05, 4.69) is 46.9 Å². The molecule has 3 heterocycles. The lowest BCUT2D eigenvalue weighted by Crippen LogP contribution is -2.41. The van der Waals surface area contributed by atoms with Gasteiger partial charge in [-0.05, 0) is 57.6 Å². The quantitative estimate of drug-likeness (QED) is 0.792. The second-order valence-corrected chi connectivity index (χ2v) is 8.95. The lowest BCUT2D eigenvalue weighted by Gasteiger charge is -2.31. The summed E-state index contributed by atoms with van der Waals surface area (Å²) in [6, 6.07) is 3.17. The number of hydrogen-bond donors (Lipinski definition) is 1. The zero-order valence-corrected chi connectivity index (χ0v) is 17.7. The molecule has 0 bridgehead atoms. The highest BCUT2D eigenvalue weighted by atomic mass is 15.2. The van der Waals surface area contributed by atoms with Crippen molar-refractivity contribution in [1.29, 1.82) is 0 Å². The van der Waals surface area contributed by atoms with Gasteiger partial charge in [-0.1, -0.05) is 33.1 Å². The highest BCUT2D eigenvalue weighted by Gasteiger charge is 2.23. The van der Waals surface area contributed by atoms with Crippen molar-refractivity contribution in [3.63, 3.8) is 0 Å². The Bertz CT molecular complexity index is 553. The van der Waals surface area contributed by atoms with E-state index < -0.39 is 0 Å². The van der Waals surface area contributed by atoms with E-state index in [9.17, 15) is 0 Å². The standard InChI is InChI=1S/C22H39N5/c1-18(2)16-19(3)27-15-9-6-10-20(17-27)24-22-23-12-11-21(25-22)26-13-7-4-5-8-14-26/h11-12,18-20H,4-10,13-17H2,1-3H3,(H,23,24,25). The molecule has 2 unspecified atom stereocenters. The third-order valence-corrected chi connectivity index (χ3v) is 6.04. The Balaban J connectivity index is 1.62. The first-order valence-corrected chi connectivity index (χ1v) is 11.2. The molecule has 2 fully saturated rings. The van der Waals surface area contributed by atoms with Crippen molar-refractivity contribution in [1.82, 2.24) is 14.9 Å². The summed E-state index contributed by atoms with van der Waals surface area (Å²) in [6.45, 7) is 11.6. The van der Waals surface area contributed by atoms with Crippen molar-refractivity contribution in [3.05, 3.63) is 12.3 Å². The van der Waals surface area contributed by atoms with Crippen LogP contribution in [0.15, 0.2) is 12.3 Å². The van der Waals surface area contributed by atoms with Crippen LogP contribution in [0.2, 0.25) is 0 Å². The molecule has 0 spiro atoms. The normalized spacial score (nSPS) is 23.7. The van der Waals surface area contributed by atoms with Crippen molar-refractivity contribution in [2.75, 3.05) is 36.4 Å². The smallest absolute Gasteiger partial charge is 0.224 e. The number of hydrogen-bond acceptors (Lipinski definition) is 5. The van der Waals surface area contributed by atoms with Crippen LogP contribution in [0, 0.1) is 5.92 Å². The molecule has 2 aliphatic rings. The van der Waals surface area contributed by atoms with Crippen LogP contribution in [0.1, 0.15) is 72.1 Å². The molecule has 0 aliphatic carbocycles. The second kappa shape index (κ2) is 10.3. The van der Waals surface area contributed by atoms with Gasteiger partial charge in [0.05, 0.1) is 0 Å². The Morgan fingerprint density at radius 1 is 1.04 bits per heavy atom. The summed E-state index contributed by atoms with van der Waals surface area (Å²) in [6.07, 6.45) is 12.2. The summed E-state index contributed by atoms with van der Waals surface area (Å²) in [5, 5.41) is 3.66. The summed E-state index contributed by atoms with van der Waals surface area (Å²) >= 11 is 0. The third-order valence-electron chi connectivity index (χ3n) is 6.04. The molecule has 3 rings (SSSR count). The molecule has 1 aromatic rings. The van der Waals surface area contributed by atoms with Crippen LogP contribution in [-0.4, -0.2) is 53.1 Å². The number of anilines is 2. The number of nitrogens with zero attached hydrogens (tertiary/aromatic N) is 4. The minimum absolute atomic E-state index is 0.446. The molecule has 1 N–H and O–H groups in total. The fourth-order valence-electron chi connectivity index (χ4n) is 4.60. The molecular weight excluding hydrogens is 334 g/mol. The van der Waals surface area contributed by atoms with E-state index in [1.165, 1.54) is 57.9 Å². The predicted octanol–water partition coefficient (Wildman–Crippen LogP) is 4.56. The molecule has 0 amide bonds. The van der Waals surface area contributed by atoms with E-state index in [-0.39, 0.29) is 0 Å². The van der Waals surface area contributed by atoms with Crippen LogP contribution >= 0.6 is 0 Å². The van der Waals surface area contributed by atoms with Gasteiger partial charge in [0, 0.05) is 37.9 Å². The molecule has 0 aromatic carbocycles. The molecule has 2 atom stereocenters. The lowest BCUT2D eigenvalue weighted by atomic mass is 10.0. The number of likely N-dealkylation sites (tertiary alicyclic amines) is 1. The van der Waals surface area contributed by atoms with Gasteiger partial charge in [-0.3, -0.25) is 4.90 Å². The largest absolute Gasteiger partial charge is 0.356 e. The minimum atomic E-state index is 0.446. The maximum Gasteiger partial charge on any atom is 0.224 e. The second-order valence-electron chi connectivity index (χ2n) is 8.95. The Hall–Kier alpha value is -1.36. The van der Waals surface area contributed by atoms with Gasteiger partial charge < -0.3 is 10.2 Å². The third kappa shape index (κ3) is 6.34. The van der Waals surface area contributed by atoms with Gasteiger partial charge in [-0.2, -0.15) is 4.98 Å². The maximum atomic E-state index is 4.87. The highest BCUT2D eigenvalue weighted by Crippen LogP contribution is 2.21.